The lowest BCUT2D eigenvalue weighted by molar-refractivity contribution is 0.139. The van der Waals surface area contributed by atoms with Gasteiger partial charge in [0.1, 0.15) is 17.4 Å². The van der Waals surface area contributed by atoms with E-state index in [4.69, 9.17) is 9.47 Å². The molecular formula is C25H26FN5O3. The third-order valence-electron chi connectivity index (χ3n) is 7.20. The van der Waals surface area contributed by atoms with E-state index in [0.717, 1.165) is 29.8 Å². The zero-order chi connectivity index (χ0) is 23.4. The van der Waals surface area contributed by atoms with Gasteiger partial charge in [-0.15, -0.1) is 0 Å². The van der Waals surface area contributed by atoms with E-state index >= 15 is 0 Å². The third kappa shape index (κ3) is 3.60. The van der Waals surface area contributed by atoms with E-state index < -0.39 is 6.09 Å². The molecule has 1 N–H and O–H groups in total. The molecule has 3 fully saturated rings. The molecule has 0 spiro atoms. The molecule has 2 aliphatic heterocycles. The smallest absolute Gasteiger partial charge is 0.414 e. The van der Waals surface area contributed by atoms with Crippen molar-refractivity contribution < 1.29 is 18.7 Å². The molecule has 34 heavy (non-hydrogen) atoms. The first-order valence-electron chi connectivity index (χ1n) is 11.5. The molecule has 3 aromatic rings. The van der Waals surface area contributed by atoms with Crippen molar-refractivity contribution in [2.24, 2.45) is 11.8 Å². The third-order valence-corrected chi connectivity index (χ3v) is 7.20. The van der Waals surface area contributed by atoms with Gasteiger partial charge < -0.3 is 19.7 Å². The van der Waals surface area contributed by atoms with Crippen molar-refractivity contribution in [2.75, 3.05) is 43.1 Å². The fourth-order valence-corrected chi connectivity index (χ4v) is 5.24. The number of aryl methyl sites for hydroxylation is 1. The summed E-state index contributed by atoms with van der Waals surface area (Å²) in [6.45, 7) is 4.59. The molecule has 9 heteroatoms. The van der Waals surface area contributed by atoms with Gasteiger partial charge in [0.25, 0.3) is 0 Å². The van der Waals surface area contributed by atoms with E-state index in [0.29, 0.717) is 48.1 Å². The van der Waals surface area contributed by atoms with Gasteiger partial charge in [-0.05, 0) is 48.6 Å². The van der Waals surface area contributed by atoms with Crippen molar-refractivity contribution >= 4 is 28.5 Å². The Balaban J connectivity index is 1.05. The SMILES string of the molecule is COc1ccc2nccc(N3C[C@@H]4C(NC[C@@H]5CN(c6ccc(C)c(F)c6)C(=O)O5)[C@@H]4C3)c2n1. The van der Waals surface area contributed by atoms with Crippen molar-refractivity contribution in [3.05, 3.63) is 54.0 Å². The van der Waals surface area contributed by atoms with Gasteiger partial charge in [0.15, 0.2) is 0 Å². The van der Waals surface area contributed by atoms with Crippen LogP contribution in [0.25, 0.3) is 11.0 Å². The van der Waals surface area contributed by atoms with Crippen molar-refractivity contribution in [1.29, 1.82) is 0 Å². The average molecular weight is 464 g/mol. The van der Waals surface area contributed by atoms with Crippen LogP contribution < -0.4 is 19.9 Å². The normalized spacial score (nSPS) is 25.6. The molecule has 176 valence electrons. The lowest BCUT2D eigenvalue weighted by atomic mass is 10.2. The zero-order valence-electron chi connectivity index (χ0n) is 19.1. The minimum Gasteiger partial charge on any atom is -0.481 e. The van der Waals surface area contributed by atoms with Gasteiger partial charge in [0, 0.05) is 37.9 Å². The fourth-order valence-electron chi connectivity index (χ4n) is 5.24. The maximum absolute atomic E-state index is 13.9. The van der Waals surface area contributed by atoms with Crippen LogP contribution in [0.4, 0.5) is 20.6 Å². The van der Waals surface area contributed by atoms with E-state index in [1.54, 1.807) is 26.2 Å². The van der Waals surface area contributed by atoms with Crippen LogP contribution in [0.3, 0.4) is 0 Å². The molecule has 4 atom stereocenters. The molecule has 2 aromatic heterocycles. The summed E-state index contributed by atoms with van der Waals surface area (Å²) in [6.07, 6.45) is 1.14. The summed E-state index contributed by atoms with van der Waals surface area (Å²) in [7, 11) is 1.62. The Hall–Kier alpha value is -3.46. The summed E-state index contributed by atoms with van der Waals surface area (Å²) in [5.41, 5.74) is 3.89. The number of benzene rings is 1. The summed E-state index contributed by atoms with van der Waals surface area (Å²) in [5, 5.41) is 3.59. The van der Waals surface area contributed by atoms with Crippen molar-refractivity contribution in [2.45, 2.75) is 19.1 Å². The molecule has 1 aromatic carbocycles. The minimum absolute atomic E-state index is 0.255. The maximum atomic E-state index is 13.9. The number of anilines is 2. The van der Waals surface area contributed by atoms with E-state index in [1.807, 2.05) is 24.4 Å². The van der Waals surface area contributed by atoms with Crippen LogP contribution in [0, 0.1) is 24.6 Å². The molecule has 1 saturated carbocycles. The number of amides is 1. The van der Waals surface area contributed by atoms with Gasteiger partial charge in [-0.2, -0.15) is 0 Å². The number of halogens is 1. The number of rotatable bonds is 6. The van der Waals surface area contributed by atoms with Crippen LogP contribution in [-0.4, -0.2) is 61.5 Å². The number of nitrogens with one attached hydrogen (secondary N) is 1. The maximum Gasteiger partial charge on any atom is 0.414 e. The summed E-state index contributed by atoms with van der Waals surface area (Å²) >= 11 is 0. The van der Waals surface area contributed by atoms with E-state index in [2.05, 4.69) is 20.2 Å². The number of aromatic nitrogens is 2. The molecule has 8 nitrogen and oxygen atoms in total. The van der Waals surface area contributed by atoms with Crippen molar-refractivity contribution in [3.8, 4) is 5.88 Å². The first kappa shape index (κ1) is 21.1. The molecule has 4 heterocycles. The van der Waals surface area contributed by atoms with E-state index in [9.17, 15) is 9.18 Å². The quantitative estimate of drug-likeness (QED) is 0.602. The van der Waals surface area contributed by atoms with Gasteiger partial charge in [-0.3, -0.25) is 9.88 Å². The van der Waals surface area contributed by atoms with E-state index in [1.165, 1.54) is 11.0 Å². The van der Waals surface area contributed by atoms with Crippen molar-refractivity contribution in [3.63, 3.8) is 0 Å². The molecule has 1 unspecified atom stereocenters. The molecule has 1 aliphatic carbocycles. The Kier molecular flexibility index (Phi) is 5.02. The Morgan fingerprint density at radius 2 is 2.00 bits per heavy atom. The lowest BCUT2D eigenvalue weighted by Crippen LogP contribution is -2.36. The highest BCUT2D eigenvalue weighted by atomic mass is 19.1. The molecule has 6 rings (SSSR count). The number of piperidine rings is 1. The number of carbonyl (C=O) groups is 1. The van der Waals surface area contributed by atoms with Crippen LogP contribution in [0.5, 0.6) is 5.88 Å². The minimum atomic E-state index is -0.426. The highest BCUT2D eigenvalue weighted by molar-refractivity contribution is 5.90. The Labute approximate surface area is 196 Å². The average Bonchev–Trinajstić information content (AvgIpc) is 3.15. The Bertz CT molecular complexity index is 1260. The summed E-state index contributed by atoms with van der Waals surface area (Å²) in [4.78, 5) is 25.2. The largest absolute Gasteiger partial charge is 0.481 e. The van der Waals surface area contributed by atoms with Crippen molar-refractivity contribution in [1.82, 2.24) is 15.3 Å². The summed E-state index contributed by atoms with van der Waals surface area (Å²) in [6, 6.07) is 11.0. The molecule has 2 saturated heterocycles. The molecule has 3 aliphatic rings. The first-order valence-corrected chi connectivity index (χ1v) is 11.5. The van der Waals surface area contributed by atoms with Gasteiger partial charge >= 0.3 is 6.09 Å². The monoisotopic (exact) mass is 463 g/mol. The van der Waals surface area contributed by atoms with E-state index in [-0.39, 0.29) is 11.9 Å². The predicted molar refractivity (Wildman–Crippen MR) is 126 cm³/mol. The van der Waals surface area contributed by atoms with Crippen LogP contribution in [0.15, 0.2) is 42.6 Å². The highest BCUT2D eigenvalue weighted by Crippen LogP contribution is 2.47. The van der Waals surface area contributed by atoms with Crippen LogP contribution in [-0.2, 0) is 4.74 Å². The number of methoxy groups -OCH3 is 1. The van der Waals surface area contributed by atoms with Crippen LogP contribution in [0.2, 0.25) is 0 Å². The number of nitrogens with zero attached hydrogens (tertiary/aromatic N) is 4. The second kappa shape index (κ2) is 8.09. The van der Waals surface area contributed by atoms with Crippen LogP contribution >= 0.6 is 0 Å². The van der Waals surface area contributed by atoms with Crippen LogP contribution in [0.1, 0.15) is 5.56 Å². The van der Waals surface area contributed by atoms with Gasteiger partial charge in [-0.25, -0.2) is 14.2 Å². The molecule has 1 amide bonds. The Morgan fingerprint density at radius 3 is 2.76 bits per heavy atom. The first-order chi connectivity index (χ1) is 16.5. The van der Waals surface area contributed by atoms with Gasteiger partial charge in [0.2, 0.25) is 5.88 Å². The van der Waals surface area contributed by atoms with Gasteiger partial charge in [0.05, 0.1) is 30.5 Å². The topological polar surface area (TPSA) is 79.8 Å². The fraction of sp³-hybridized carbons (Fsp3) is 0.400. The second-order valence-corrected chi connectivity index (χ2v) is 9.27. The number of hydrogen-bond donors (Lipinski definition) is 1. The van der Waals surface area contributed by atoms with Gasteiger partial charge in [-0.1, -0.05) is 6.07 Å². The standard InChI is InChI=1S/C25H26FN5O3/c1-14-3-4-15(9-19(14)26)31-11-16(34-25(31)32)10-28-23-17-12-30(13-18(17)23)21-7-8-27-20-5-6-22(33-2)29-24(20)21/h3-9,16-18,23,28H,10-13H2,1-2H3/t16-,17-,18+,23?/m1/s1. The zero-order valence-corrected chi connectivity index (χ0v) is 19.1. The number of ether oxygens (including phenoxy) is 2. The molecule has 0 bridgehead atoms. The highest BCUT2D eigenvalue weighted by Gasteiger charge is 2.56. The predicted octanol–water partition coefficient (Wildman–Crippen LogP) is 3.14. The second-order valence-electron chi connectivity index (χ2n) is 9.27. The summed E-state index contributed by atoms with van der Waals surface area (Å²) in [5.74, 6) is 1.36. The number of carbonyl (C=O) groups excluding carboxylic acids is 1. The molecular weight excluding hydrogens is 437 g/mol. The number of hydrogen-bond acceptors (Lipinski definition) is 7. The number of cyclic esters (lactones) is 1. The summed E-state index contributed by atoms with van der Waals surface area (Å²) < 4.78 is 24.7. The Morgan fingerprint density at radius 1 is 1.18 bits per heavy atom. The number of pyridine rings is 2. The number of fused-ring (bicyclic) bond motifs is 2. The molecule has 0 radical (unpaired) electrons. The lowest BCUT2D eigenvalue weighted by Gasteiger charge is -2.23.